The summed E-state index contributed by atoms with van der Waals surface area (Å²) in [4.78, 5) is 0. The van der Waals surface area contributed by atoms with E-state index in [1.807, 2.05) is 12.1 Å². The number of benzene rings is 2. The molecule has 0 spiro atoms. The lowest BCUT2D eigenvalue weighted by atomic mass is 10.3. The molecule has 0 N–H and O–H groups in total. The Hall–Kier alpha value is -1.33. The van der Waals surface area contributed by atoms with Gasteiger partial charge in [0, 0.05) is 23.2 Å². The maximum atomic E-state index is 12.4. The van der Waals surface area contributed by atoms with Gasteiger partial charge >= 0.3 is 0 Å². The Bertz CT molecular complexity index is 739. The topological polar surface area (TPSA) is 27.7 Å². The predicted molar refractivity (Wildman–Crippen MR) is 109 cm³/mol. The van der Waals surface area contributed by atoms with Gasteiger partial charge in [-0.25, -0.2) is 0 Å². The van der Waals surface area contributed by atoms with Gasteiger partial charge in [0.05, 0.1) is 23.3 Å². The van der Waals surface area contributed by atoms with Crippen molar-refractivity contribution in [3.8, 4) is 17.2 Å². The van der Waals surface area contributed by atoms with Crippen LogP contribution in [0.3, 0.4) is 0 Å². The molecule has 2 aromatic rings. The van der Waals surface area contributed by atoms with E-state index in [9.17, 15) is 4.39 Å². The molecule has 0 saturated carbocycles. The summed E-state index contributed by atoms with van der Waals surface area (Å²) in [5.41, 5.74) is 0. The first-order valence-electron chi connectivity index (χ1n) is 8.10. The van der Waals surface area contributed by atoms with E-state index in [0.29, 0.717) is 39.8 Å². The number of hydrogen-bond donors (Lipinski definition) is 0. The van der Waals surface area contributed by atoms with Crippen molar-refractivity contribution in [3.63, 3.8) is 0 Å². The summed E-state index contributed by atoms with van der Waals surface area (Å²) < 4.78 is 29.0. The minimum Gasteiger partial charge on any atom is -0.494 e. The number of halogens is 5. The fourth-order valence-corrected chi connectivity index (χ4v) is 2.82. The van der Waals surface area contributed by atoms with Gasteiger partial charge in [0.1, 0.15) is 18.1 Å². The minimum atomic E-state index is -0.841. The standard InChI is InChI=1S/C19H17Cl4FO3/c20-13-3-5-14(6-4-13)25-8-1-2-9-27-19-16(21)11-15(12-17(19)22)26-10-7-18(23)24/h3-7,11-12H,1-2,8-10H2. The van der Waals surface area contributed by atoms with Gasteiger partial charge in [0.15, 0.2) is 11.0 Å². The largest absolute Gasteiger partial charge is 0.494 e. The Labute approximate surface area is 177 Å². The normalized spacial score (nSPS) is 11.4. The van der Waals surface area contributed by atoms with Crippen LogP contribution in [0.25, 0.3) is 0 Å². The molecular formula is C19H17Cl4FO3. The third-order valence-electron chi connectivity index (χ3n) is 3.33. The van der Waals surface area contributed by atoms with Crippen LogP contribution in [0.2, 0.25) is 15.1 Å². The van der Waals surface area contributed by atoms with Crippen molar-refractivity contribution >= 4 is 46.4 Å². The van der Waals surface area contributed by atoms with Crippen molar-refractivity contribution in [1.82, 2.24) is 0 Å². The fraction of sp³-hybridized carbons (Fsp3) is 0.263. The Kier molecular flexibility index (Phi) is 9.35. The molecule has 0 atom stereocenters. The molecule has 0 radical (unpaired) electrons. The van der Waals surface area contributed by atoms with Gasteiger partial charge in [0.25, 0.3) is 0 Å². The van der Waals surface area contributed by atoms with Crippen LogP contribution in [0, 0.1) is 0 Å². The Morgan fingerprint density at radius 3 is 2.04 bits per heavy atom. The molecule has 0 bridgehead atoms. The Morgan fingerprint density at radius 1 is 0.852 bits per heavy atom. The number of unbranched alkanes of at least 4 members (excludes halogenated alkanes) is 1. The zero-order valence-electron chi connectivity index (χ0n) is 14.2. The lowest BCUT2D eigenvalue weighted by Gasteiger charge is -2.12. The molecular weight excluding hydrogens is 437 g/mol. The van der Waals surface area contributed by atoms with Crippen LogP contribution in [-0.4, -0.2) is 19.8 Å². The lowest BCUT2D eigenvalue weighted by Crippen LogP contribution is -2.03. The van der Waals surface area contributed by atoms with Gasteiger partial charge in [0.2, 0.25) is 0 Å². The van der Waals surface area contributed by atoms with Gasteiger partial charge < -0.3 is 14.2 Å². The molecule has 27 heavy (non-hydrogen) atoms. The first kappa shape index (κ1) is 22.0. The second-order valence-corrected chi connectivity index (χ2v) is 6.99. The molecule has 0 aliphatic rings. The average Bonchev–Trinajstić information content (AvgIpc) is 2.61. The summed E-state index contributed by atoms with van der Waals surface area (Å²) in [5, 5.41) is 0.450. The van der Waals surface area contributed by atoms with Gasteiger partial charge in [-0.05, 0) is 37.1 Å². The molecule has 3 nitrogen and oxygen atoms in total. The van der Waals surface area contributed by atoms with E-state index in [1.54, 1.807) is 24.3 Å². The van der Waals surface area contributed by atoms with E-state index in [1.165, 1.54) is 0 Å². The summed E-state index contributed by atoms with van der Waals surface area (Å²) >= 11 is 23.3. The molecule has 146 valence electrons. The minimum absolute atomic E-state index is 0.0319. The maximum Gasteiger partial charge on any atom is 0.188 e. The molecule has 2 aromatic carbocycles. The van der Waals surface area contributed by atoms with Crippen LogP contribution in [-0.2, 0) is 0 Å². The Balaban J connectivity index is 1.73. The summed E-state index contributed by atoms with van der Waals surface area (Å²) in [7, 11) is 0. The monoisotopic (exact) mass is 452 g/mol. The van der Waals surface area contributed by atoms with Crippen LogP contribution < -0.4 is 14.2 Å². The highest BCUT2D eigenvalue weighted by Crippen LogP contribution is 2.37. The van der Waals surface area contributed by atoms with Crippen molar-refractivity contribution in [2.45, 2.75) is 12.8 Å². The van der Waals surface area contributed by atoms with Crippen molar-refractivity contribution in [3.05, 3.63) is 62.8 Å². The zero-order chi connectivity index (χ0) is 19.6. The fourth-order valence-electron chi connectivity index (χ4n) is 2.06. The van der Waals surface area contributed by atoms with E-state index in [-0.39, 0.29) is 6.61 Å². The van der Waals surface area contributed by atoms with Gasteiger partial charge in [-0.15, -0.1) is 0 Å². The van der Waals surface area contributed by atoms with Crippen LogP contribution >= 0.6 is 46.4 Å². The lowest BCUT2D eigenvalue weighted by molar-refractivity contribution is 0.266. The van der Waals surface area contributed by atoms with E-state index in [0.717, 1.165) is 24.7 Å². The summed E-state index contributed by atoms with van der Waals surface area (Å²) in [5.74, 6) is 1.54. The molecule has 0 saturated heterocycles. The average molecular weight is 454 g/mol. The predicted octanol–water partition coefficient (Wildman–Crippen LogP) is 7.31. The molecule has 0 fully saturated rings. The smallest absolute Gasteiger partial charge is 0.188 e. The second-order valence-electron chi connectivity index (χ2n) is 5.38. The summed E-state index contributed by atoms with van der Waals surface area (Å²) in [6, 6.07) is 10.3. The van der Waals surface area contributed by atoms with Crippen molar-refractivity contribution in [1.29, 1.82) is 0 Å². The highest BCUT2D eigenvalue weighted by atomic mass is 35.5. The molecule has 0 heterocycles. The molecule has 0 unspecified atom stereocenters. The molecule has 0 aromatic heterocycles. The van der Waals surface area contributed by atoms with Crippen molar-refractivity contribution < 1.29 is 18.6 Å². The van der Waals surface area contributed by atoms with E-state index < -0.39 is 5.29 Å². The summed E-state index contributed by atoms with van der Waals surface area (Å²) in [6.45, 7) is 0.962. The number of rotatable bonds is 10. The highest BCUT2D eigenvalue weighted by Gasteiger charge is 2.10. The number of ether oxygens (including phenoxy) is 3. The van der Waals surface area contributed by atoms with Gasteiger partial charge in [-0.2, -0.15) is 4.39 Å². The first-order valence-corrected chi connectivity index (χ1v) is 9.61. The van der Waals surface area contributed by atoms with E-state index in [2.05, 4.69) is 0 Å². The summed E-state index contributed by atoms with van der Waals surface area (Å²) in [6.07, 6.45) is 2.65. The van der Waals surface area contributed by atoms with E-state index in [4.69, 9.17) is 60.6 Å². The van der Waals surface area contributed by atoms with Gasteiger partial charge in [-0.3, -0.25) is 0 Å². The second kappa shape index (κ2) is 11.5. The van der Waals surface area contributed by atoms with Crippen LogP contribution in [0.1, 0.15) is 12.8 Å². The molecule has 0 amide bonds. The zero-order valence-corrected chi connectivity index (χ0v) is 17.2. The SMILES string of the molecule is FC(Cl)=CCOc1cc(Cl)c(OCCCCOc2ccc(Cl)cc2)c(Cl)c1. The van der Waals surface area contributed by atoms with Crippen LogP contribution in [0.4, 0.5) is 4.39 Å². The van der Waals surface area contributed by atoms with Crippen LogP contribution in [0.15, 0.2) is 47.8 Å². The number of hydrogen-bond acceptors (Lipinski definition) is 3. The highest BCUT2D eigenvalue weighted by molar-refractivity contribution is 6.37. The van der Waals surface area contributed by atoms with Gasteiger partial charge in [-0.1, -0.05) is 46.4 Å². The molecule has 2 rings (SSSR count). The molecule has 8 heteroatoms. The van der Waals surface area contributed by atoms with Crippen LogP contribution in [0.5, 0.6) is 17.2 Å². The van der Waals surface area contributed by atoms with Crippen molar-refractivity contribution in [2.75, 3.05) is 19.8 Å². The van der Waals surface area contributed by atoms with E-state index >= 15 is 0 Å². The van der Waals surface area contributed by atoms with Crippen molar-refractivity contribution in [2.24, 2.45) is 0 Å². The Morgan fingerprint density at radius 2 is 1.44 bits per heavy atom. The molecule has 0 aliphatic carbocycles. The molecule has 0 aliphatic heterocycles. The third kappa shape index (κ3) is 8.06. The third-order valence-corrected chi connectivity index (χ3v) is 4.29. The first-order chi connectivity index (χ1) is 13.0. The maximum absolute atomic E-state index is 12.4. The quantitative estimate of drug-likeness (QED) is 0.353.